The van der Waals surface area contributed by atoms with Crippen LogP contribution in [0.5, 0.6) is 0 Å². The zero-order chi connectivity index (χ0) is 30.9. The van der Waals surface area contributed by atoms with E-state index in [1.54, 1.807) is 0 Å². The van der Waals surface area contributed by atoms with Crippen LogP contribution in [-0.2, 0) is 22.4 Å². The third kappa shape index (κ3) is 4.18. The van der Waals surface area contributed by atoms with Crippen LogP contribution in [0.25, 0.3) is 29.9 Å². The van der Waals surface area contributed by atoms with Gasteiger partial charge in [-0.3, -0.25) is 14.4 Å². The number of rotatable bonds is 6. The van der Waals surface area contributed by atoms with Gasteiger partial charge in [-0.05, 0) is 92.1 Å². The second-order valence-corrected chi connectivity index (χ2v) is 11.4. The number of carbonyl (C=O) groups excluding carboxylic acids is 1. The Morgan fingerprint density at radius 2 is 1.47 bits per heavy atom. The van der Waals surface area contributed by atoms with Gasteiger partial charge in [0.25, 0.3) is 0 Å². The SMILES string of the molecule is C=Cc1c(C)c2[nH]c1=Cc1[nH]c(c(CC)c1C)/C=c1\[nH]c3c(c1C)C(=O)C(C(=O)O)C=3c1[nH]c(c(C)c1CCC(=O)O)C=2. The lowest BCUT2D eigenvalue weighted by Gasteiger charge is -2.11. The molecule has 0 fully saturated rings. The monoisotopic (exact) mass is 578 g/mol. The van der Waals surface area contributed by atoms with E-state index in [1.165, 1.54) is 0 Å². The van der Waals surface area contributed by atoms with E-state index < -0.39 is 23.6 Å². The van der Waals surface area contributed by atoms with Crippen molar-refractivity contribution in [3.8, 4) is 0 Å². The maximum absolute atomic E-state index is 13.8. The number of nitrogens with one attached hydrogen (secondary N) is 4. The van der Waals surface area contributed by atoms with Crippen LogP contribution in [0, 0.1) is 33.6 Å². The third-order valence-corrected chi connectivity index (χ3v) is 9.12. The molecule has 0 saturated carbocycles. The van der Waals surface area contributed by atoms with Crippen molar-refractivity contribution in [3.05, 3.63) is 95.3 Å². The number of H-pyrrole nitrogens is 4. The fourth-order valence-corrected chi connectivity index (χ4v) is 6.77. The summed E-state index contributed by atoms with van der Waals surface area (Å²) >= 11 is 0. The lowest BCUT2D eigenvalue weighted by molar-refractivity contribution is -0.138. The van der Waals surface area contributed by atoms with Gasteiger partial charge in [-0.2, -0.15) is 0 Å². The van der Waals surface area contributed by atoms with Crippen LogP contribution in [0.4, 0.5) is 0 Å². The first-order valence-electron chi connectivity index (χ1n) is 14.4. The van der Waals surface area contributed by atoms with E-state index in [0.717, 1.165) is 56.3 Å². The summed E-state index contributed by atoms with van der Waals surface area (Å²) in [4.78, 5) is 51.9. The van der Waals surface area contributed by atoms with Crippen molar-refractivity contribution < 1.29 is 24.6 Å². The molecule has 2 aliphatic rings. The summed E-state index contributed by atoms with van der Waals surface area (Å²) in [7, 11) is 0. The van der Waals surface area contributed by atoms with Crippen molar-refractivity contribution in [2.75, 3.05) is 0 Å². The molecule has 4 aromatic rings. The lowest BCUT2D eigenvalue weighted by Crippen LogP contribution is -2.24. The number of aromatic nitrogens is 4. The van der Waals surface area contributed by atoms with Crippen LogP contribution in [0.2, 0.25) is 0 Å². The van der Waals surface area contributed by atoms with Gasteiger partial charge in [0.15, 0.2) is 5.78 Å². The topological polar surface area (TPSA) is 155 Å². The van der Waals surface area contributed by atoms with Gasteiger partial charge in [0.2, 0.25) is 0 Å². The van der Waals surface area contributed by atoms with E-state index in [0.29, 0.717) is 44.3 Å². The average molecular weight is 579 g/mol. The van der Waals surface area contributed by atoms with Gasteiger partial charge in [-0.15, -0.1) is 0 Å². The molecule has 5 heterocycles. The van der Waals surface area contributed by atoms with E-state index in [9.17, 15) is 24.6 Å². The Balaban J connectivity index is 1.82. The van der Waals surface area contributed by atoms with Gasteiger partial charge in [0, 0.05) is 61.9 Å². The molecule has 0 aromatic carbocycles. The van der Waals surface area contributed by atoms with Crippen LogP contribution >= 0.6 is 0 Å². The predicted molar refractivity (Wildman–Crippen MR) is 165 cm³/mol. The van der Waals surface area contributed by atoms with Crippen molar-refractivity contribution >= 4 is 47.6 Å². The summed E-state index contributed by atoms with van der Waals surface area (Å²) < 4.78 is 0. The predicted octanol–water partition coefficient (Wildman–Crippen LogP) is 2.35. The molecule has 0 spiro atoms. The number of carboxylic acids is 2. The van der Waals surface area contributed by atoms with Crippen LogP contribution in [0.3, 0.4) is 0 Å². The normalized spacial score (nSPS) is 16.0. The van der Waals surface area contributed by atoms with E-state index in [4.69, 9.17) is 0 Å². The van der Waals surface area contributed by atoms with Gasteiger partial charge >= 0.3 is 11.9 Å². The highest BCUT2D eigenvalue weighted by Crippen LogP contribution is 2.34. The van der Waals surface area contributed by atoms with Crippen molar-refractivity contribution in [1.82, 2.24) is 19.9 Å². The molecule has 6 N–H and O–H groups in total. The Morgan fingerprint density at radius 3 is 2.12 bits per heavy atom. The van der Waals surface area contributed by atoms with E-state index in [1.807, 2.05) is 39.0 Å². The fourth-order valence-electron chi connectivity index (χ4n) is 6.77. The zero-order valence-electron chi connectivity index (χ0n) is 24.8. The Morgan fingerprint density at radius 1 is 0.837 bits per heavy atom. The first-order valence-corrected chi connectivity index (χ1v) is 14.4. The summed E-state index contributed by atoms with van der Waals surface area (Å²) in [6, 6.07) is 0. The molecule has 0 amide bonds. The van der Waals surface area contributed by atoms with Crippen molar-refractivity contribution in [1.29, 1.82) is 0 Å². The quantitative estimate of drug-likeness (QED) is 0.194. The highest BCUT2D eigenvalue weighted by atomic mass is 16.4. The molecule has 8 bridgehead atoms. The molecule has 9 nitrogen and oxygen atoms in total. The van der Waals surface area contributed by atoms with Crippen molar-refractivity contribution in [2.45, 2.75) is 53.9 Å². The van der Waals surface area contributed by atoms with Gasteiger partial charge < -0.3 is 30.1 Å². The van der Waals surface area contributed by atoms with Crippen LogP contribution < -0.4 is 21.4 Å². The molecule has 43 heavy (non-hydrogen) atoms. The number of hydrogen-bond acceptors (Lipinski definition) is 3. The van der Waals surface area contributed by atoms with Gasteiger partial charge in [0.1, 0.15) is 5.92 Å². The number of aromatic amines is 4. The van der Waals surface area contributed by atoms with Crippen LogP contribution in [-0.4, -0.2) is 47.9 Å². The Labute approximate surface area is 247 Å². The number of carbonyl (C=O) groups is 3. The van der Waals surface area contributed by atoms with Gasteiger partial charge in [-0.25, -0.2) is 0 Å². The fraction of sp³-hybridized carbons (Fsp3) is 0.265. The third-order valence-electron chi connectivity index (χ3n) is 9.12. The van der Waals surface area contributed by atoms with Gasteiger partial charge in [-0.1, -0.05) is 19.6 Å². The lowest BCUT2D eigenvalue weighted by atomic mass is 9.92. The van der Waals surface area contributed by atoms with E-state index in [-0.39, 0.29) is 12.8 Å². The molecule has 9 heteroatoms. The zero-order valence-corrected chi connectivity index (χ0v) is 24.8. The molecule has 1 aliphatic heterocycles. The van der Waals surface area contributed by atoms with E-state index >= 15 is 0 Å². The molecule has 1 aliphatic carbocycles. The highest BCUT2D eigenvalue weighted by Gasteiger charge is 2.42. The molecular weight excluding hydrogens is 544 g/mol. The second kappa shape index (κ2) is 10.0. The Kier molecular flexibility index (Phi) is 6.56. The summed E-state index contributed by atoms with van der Waals surface area (Å²) in [6.07, 6.45) is 8.65. The van der Waals surface area contributed by atoms with E-state index in [2.05, 4.69) is 46.4 Å². The number of fused-ring (bicyclic) bond motifs is 8. The number of aliphatic carboxylic acids is 2. The first-order chi connectivity index (χ1) is 20.5. The van der Waals surface area contributed by atoms with Crippen LogP contribution in [0.1, 0.15) is 85.4 Å². The van der Waals surface area contributed by atoms with Gasteiger partial charge in [0.05, 0.1) is 5.35 Å². The van der Waals surface area contributed by atoms with Crippen LogP contribution in [0.15, 0.2) is 6.58 Å². The first kappa shape index (κ1) is 28.1. The summed E-state index contributed by atoms with van der Waals surface area (Å²) in [5, 5.41) is 22.7. The number of hydrogen-bond donors (Lipinski definition) is 6. The molecule has 1 atom stereocenters. The Bertz CT molecular complexity index is 2160. The number of carboxylic acid groups (broad SMARTS) is 2. The second-order valence-electron chi connectivity index (χ2n) is 11.4. The average Bonchev–Trinajstić information content (AvgIpc) is 3.68. The standard InChI is InChI=1S/C34H34N4O5/c1-7-18-14(3)21-11-23-16(5)20(9-10-27(39)40)31(37-23)29-30(34(42)43)33(41)28-17(6)24(38-32(28)29)13-26-19(8-2)15(4)22(36-26)12-25(18)35-21/h7,11-13,30,35-38H,1,8-10H2,2-6H3,(H,39,40)(H,42,43)/b21-11?,22-12?,23-11?,24-13-,25-12?,26-13?,31-29?. The summed E-state index contributed by atoms with van der Waals surface area (Å²) in [5.41, 5.74) is 10.0. The molecular formula is C34H34N4O5. The number of Topliss-reactive ketones (excluding diaryl/α,β-unsaturated/α-hetero) is 1. The molecule has 4 aromatic heterocycles. The summed E-state index contributed by atoms with van der Waals surface area (Å²) in [6.45, 7) is 14.0. The molecule has 220 valence electrons. The Hall–Kier alpha value is -5.05. The minimum Gasteiger partial charge on any atom is -0.481 e. The molecule has 1 unspecified atom stereocenters. The largest absolute Gasteiger partial charge is 0.481 e. The smallest absolute Gasteiger partial charge is 0.319 e. The molecule has 6 rings (SSSR count). The van der Waals surface area contributed by atoms with Crippen molar-refractivity contribution in [2.24, 2.45) is 5.92 Å². The molecule has 0 saturated heterocycles. The summed E-state index contributed by atoms with van der Waals surface area (Å²) in [5.74, 6) is -4.12. The number of ketones is 1. The van der Waals surface area contributed by atoms with Crippen molar-refractivity contribution in [3.63, 3.8) is 0 Å². The maximum Gasteiger partial charge on any atom is 0.319 e. The minimum absolute atomic E-state index is 0.144. The highest BCUT2D eigenvalue weighted by molar-refractivity contribution is 6.20. The minimum atomic E-state index is -1.42. The molecule has 0 radical (unpaired) electrons. The maximum atomic E-state index is 13.8.